The molecule has 0 saturated carbocycles. The molecule has 1 aliphatic heterocycles. The van der Waals surface area contributed by atoms with Gasteiger partial charge in [-0.1, -0.05) is 48.5 Å². The number of carbonyl (C=O) groups is 2. The lowest BCUT2D eigenvalue weighted by molar-refractivity contribution is -0.140. The summed E-state index contributed by atoms with van der Waals surface area (Å²) in [6, 6.07) is 17.7. The van der Waals surface area contributed by atoms with Gasteiger partial charge in [-0.2, -0.15) is 0 Å². The van der Waals surface area contributed by atoms with E-state index in [-0.39, 0.29) is 37.4 Å². The molecule has 2 aromatic carbocycles. The Morgan fingerprint density at radius 1 is 1.12 bits per heavy atom. The molecule has 2 amide bonds. The molecule has 1 fully saturated rings. The lowest BCUT2D eigenvalue weighted by Gasteiger charge is -2.41. The maximum Gasteiger partial charge on any atom is 0.246 e. The van der Waals surface area contributed by atoms with Crippen molar-refractivity contribution in [2.45, 2.75) is 25.8 Å². The summed E-state index contributed by atoms with van der Waals surface area (Å²) in [6.45, 7) is 2.28. The zero-order valence-electron chi connectivity index (χ0n) is 15.0. The van der Waals surface area contributed by atoms with E-state index in [1.54, 1.807) is 9.80 Å². The molecule has 5 nitrogen and oxygen atoms in total. The van der Waals surface area contributed by atoms with E-state index < -0.39 is 0 Å². The second kappa shape index (κ2) is 8.15. The van der Waals surface area contributed by atoms with Crippen molar-refractivity contribution in [3.05, 3.63) is 65.7 Å². The van der Waals surface area contributed by atoms with Crippen LogP contribution in [0.1, 0.15) is 17.5 Å². The Morgan fingerprint density at radius 3 is 2.50 bits per heavy atom. The lowest BCUT2D eigenvalue weighted by Crippen LogP contribution is -2.59. The molecule has 0 unspecified atom stereocenters. The van der Waals surface area contributed by atoms with Crippen molar-refractivity contribution in [3.63, 3.8) is 0 Å². The molecule has 26 heavy (non-hydrogen) atoms. The highest BCUT2D eigenvalue weighted by Gasteiger charge is 2.35. The summed E-state index contributed by atoms with van der Waals surface area (Å²) in [7, 11) is 0. The third kappa shape index (κ3) is 3.94. The molecule has 3 rings (SSSR count). The van der Waals surface area contributed by atoms with E-state index in [2.05, 4.69) is 0 Å². The SMILES string of the molecule is Cc1ccccc1N1C[C@@H](Cc2ccccc2)N(C(=O)CCO)CC1=O. The summed E-state index contributed by atoms with van der Waals surface area (Å²) in [5.41, 5.74) is 3.05. The van der Waals surface area contributed by atoms with Gasteiger partial charge in [-0.3, -0.25) is 9.59 Å². The third-order valence-corrected chi connectivity index (χ3v) is 4.81. The first-order valence-corrected chi connectivity index (χ1v) is 8.90. The molecule has 0 radical (unpaired) electrons. The van der Waals surface area contributed by atoms with Crippen LogP contribution in [0.15, 0.2) is 54.6 Å². The molecule has 0 spiro atoms. The van der Waals surface area contributed by atoms with Crippen LogP contribution in [0.5, 0.6) is 0 Å². The Bertz CT molecular complexity index is 776. The number of para-hydroxylation sites is 1. The van der Waals surface area contributed by atoms with Gasteiger partial charge in [-0.05, 0) is 30.5 Å². The Labute approximate surface area is 153 Å². The van der Waals surface area contributed by atoms with Crippen molar-refractivity contribution >= 4 is 17.5 Å². The predicted molar refractivity (Wildman–Crippen MR) is 101 cm³/mol. The number of anilines is 1. The fourth-order valence-electron chi connectivity index (χ4n) is 3.46. The van der Waals surface area contributed by atoms with Gasteiger partial charge < -0.3 is 14.9 Å². The molecule has 0 bridgehead atoms. The van der Waals surface area contributed by atoms with Crippen molar-refractivity contribution in [3.8, 4) is 0 Å². The highest BCUT2D eigenvalue weighted by atomic mass is 16.3. The first-order chi connectivity index (χ1) is 12.6. The average Bonchev–Trinajstić information content (AvgIpc) is 2.64. The van der Waals surface area contributed by atoms with E-state index >= 15 is 0 Å². The van der Waals surface area contributed by atoms with Crippen LogP contribution in [0.25, 0.3) is 0 Å². The van der Waals surface area contributed by atoms with E-state index in [0.29, 0.717) is 13.0 Å². The normalized spacial score (nSPS) is 17.5. The molecule has 1 saturated heterocycles. The van der Waals surface area contributed by atoms with Crippen molar-refractivity contribution in [2.75, 3.05) is 24.6 Å². The van der Waals surface area contributed by atoms with E-state index in [4.69, 9.17) is 5.11 Å². The first kappa shape index (κ1) is 18.1. The van der Waals surface area contributed by atoms with Gasteiger partial charge in [0.05, 0.1) is 12.6 Å². The number of piperazine rings is 1. The van der Waals surface area contributed by atoms with Crippen molar-refractivity contribution in [1.29, 1.82) is 0 Å². The maximum atomic E-state index is 12.7. The summed E-state index contributed by atoms with van der Waals surface area (Å²) < 4.78 is 0. The topological polar surface area (TPSA) is 60.9 Å². The minimum absolute atomic E-state index is 0.0446. The van der Waals surface area contributed by atoms with Gasteiger partial charge in [0.2, 0.25) is 11.8 Å². The van der Waals surface area contributed by atoms with E-state index in [1.807, 2.05) is 61.5 Å². The minimum atomic E-state index is -0.205. The highest BCUT2D eigenvalue weighted by Crippen LogP contribution is 2.25. The number of aliphatic hydroxyl groups excluding tert-OH is 1. The molecule has 0 aromatic heterocycles. The lowest BCUT2D eigenvalue weighted by atomic mass is 10.00. The van der Waals surface area contributed by atoms with Crippen molar-refractivity contribution in [1.82, 2.24) is 4.90 Å². The average molecular weight is 352 g/mol. The summed E-state index contributed by atoms with van der Waals surface area (Å²) >= 11 is 0. The van der Waals surface area contributed by atoms with Crippen LogP contribution in [0.4, 0.5) is 5.69 Å². The molecule has 0 aliphatic carbocycles. The van der Waals surface area contributed by atoms with Gasteiger partial charge in [0, 0.05) is 18.7 Å². The molecule has 1 aliphatic rings. The van der Waals surface area contributed by atoms with Gasteiger partial charge in [0.1, 0.15) is 6.54 Å². The van der Waals surface area contributed by atoms with Crippen LogP contribution in [0.3, 0.4) is 0 Å². The fourth-order valence-corrected chi connectivity index (χ4v) is 3.46. The molecule has 1 heterocycles. The molecule has 1 N–H and O–H groups in total. The molecule has 2 aromatic rings. The van der Waals surface area contributed by atoms with Crippen LogP contribution in [0.2, 0.25) is 0 Å². The molecular formula is C21H24N2O3. The quantitative estimate of drug-likeness (QED) is 0.897. The summed E-state index contributed by atoms with van der Waals surface area (Å²) in [5, 5.41) is 9.13. The van der Waals surface area contributed by atoms with Crippen LogP contribution in [-0.2, 0) is 16.0 Å². The number of hydrogen-bond donors (Lipinski definition) is 1. The summed E-state index contributed by atoms with van der Waals surface area (Å²) in [5.74, 6) is -0.263. The summed E-state index contributed by atoms with van der Waals surface area (Å²) in [6.07, 6.45) is 0.719. The largest absolute Gasteiger partial charge is 0.396 e. The van der Waals surface area contributed by atoms with Gasteiger partial charge in [-0.15, -0.1) is 0 Å². The maximum absolute atomic E-state index is 12.7. The summed E-state index contributed by atoms with van der Waals surface area (Å²) in [4.78, 5) is 28.6. The Hall–Kier alpha value is -2.66. The van der Waals surface area contributed by atoms with Crippen molar-refractivity contribution in [2.24, 2.45) is 0 Å². The van der Waals surface area contributed by atoms with E-state index in [9.17, 15) is 9.59 Å². The molecule has 5 heteroatoms. The number of benzene rings is 2. The second-order valence-electron chi connectivity index (χ2n) is 6.63. The number of aliphatic hydroxyl groups is 1. The number of hydrogen-bond acceptors (Lipinski definition) is 3. The molecule has 136 valence electrons. The Kier molecular flexibility index (Phi) is 5.68. The zero-order valence-corrected chi connectivity index (χ0v) is 15.0. The zero-order chi connectivity index (χ0) is 18.5. The van der Waals surface area contributed by atoms with Crippen molar-refractivity contribution < 1.29 is 14.7 Å². The van der Waals surface area contributed by atoms with Crippen LogP contribution < -0.4 is 4.90 Å². The van der Waals surface area contributed by atoms with Crippen LogP contribution >= 0.6 is 0 Å². The third-order valence-electron chi connectivity index (χ3n) is 4.81. The minimum Gasteiger partial charge on any atom is -0.396 e. The Morgan fingerprint density at radius 2 is 1.81 bits per heavy atom. The predicted octanol–water partition coefficient (Wildman–Crippen LogP) is 2.16. The van der Waals surface area contributed by atoms with Gasteiger partial charge >= 0.3 is 0 Å². The van der Waals surface area contributed by atoms with Gasteiger partial charge in [0.15, 0.2) is 0 Å². The number of rotatable bonds is 5. The monoisotopic (exact) mass is 352 g/mol. The number of nitrogens with zero attached hydrogens (tertiary/aromatic N) is 2. The molecular weight excluding hydrogens is 328 g/mol. The molecule has 1 atom stereocenters. The number of carbonyl (C=O) groups excluding carboxylic acids is 2. The standard InChI is InChI=1S/C21H24N2O3/c1-16-7-5-6-10-19(16)23-14-18(13-17-8-3-2-4-9-17)22(15-21(23)26)20(25)11-12-24/h2-10,18,24H,11-15H2,1H3/t18-/m1/s1. The van der Waals surface area contributed by atoms with Crippen LogP contribution in [0, 0.1) is 6.92 Å². The highest BCUT2D eigenvalue weighted by molar-refractivity contribution is 5.98. The van der Waals surface area contributed by atoms with Crippen LogP contribution in [-0.4, -0.2) is 47.6 Å². The van der Waals surface area contributed by atoms with E-state index in [0.717, 1.165) is 16.8 Å². The number of amides is 2. The number of aryl methyl sites for hydroxylation is 1. The Balaban J connectivity index is 1.88. The van der Waals surface area contributed by atoms with Gasteiger partial charge in [-0.25, -0.2) is 0 Å². The van der Waals surface area contributed by atoms with Gasteiger partial charge in [0.25, 0.3) is 0 Å². The van der Waals surface area contributed by atoms with E-state index in [1.165, 1.54) is 0 Å². The first-order valence-electron chi connectivity index (χ1n) is 8.90. The smallest absolute Gasteiger partial charge is 0.246 e. The fraction of sp³-hybridized carbons (Fsp3) is 0.333. The second-order valence-corrected chi connectivity index (χ2v) is 6.63.